The Hall–Kier alpha value is -2.63. The van der Waals surface area contributed by atoms with Gasteiger partial charge in [-0.05, 0) is 41.0 Å². The summed E-state index contributed by atoms with van der Waals surface area (Å²) in [5, 5.41) is 4.38. The molecule has 0 aliphatic heterocycles. The normalized spacial score (nSPS) is 14.6. The van der Waals surface area contributed by atoms with Gasteiger partial charge in [0.15, 0.2) is 0 Å². The number of hydrogen-bond acceptors (Lipinski definition) is 4. The fourth-order valence-electron chi connectivity index (χ4n) is 2.92. The van der Waals surface area contributed by atoms with E-state index in [-0.39, 0.29) is 4.90 Å². The molecule has 4 nitrogen and oxygen atoms in total. The number of halogens is 1. The minimum absolute atomic E-state index is 0.0159. The molecule has 3 aromatic rings. The van der Waals surface area contributed by atoms with E-state index in [9.17, 15) is 8.42 Å². The van der Waals surface area contributed by atoms with Gasteiger partial charge in [0.1, 0.15) is 4.90 Å². The monoisotopic (exact) mass is 383 g/mol. The highest BCUT2D eigenvalue weighted by Gasteiger charge is 2.27. The van der Waals surface area contributed by atoms with Gasteiger partial charge in [-0.3, -0.25) is 4.28 Å². The zero-order chi connectivity index (χ0) is 18.1. The molecule has 0 amide bonds. The Morgan fingerprint density at radius 1 is 0.885 bits per heavy atom. The van der Waals surface area contributed by atoms with E-state index in [1.54, 1.807) is 0 Å². The van der Waals surface area contributed by atoms with Gasteiger partial charge in [-0.15, -0.1) is 0 Å². The Morgan fingerprint density at radius 2 is 1.62 bits per heavy atom. The van der Waals surface area contributed by atoms with Crippen molar-refractivity contribution in [2.45, 2.75) is 11.3 Å². The number of oxime groups is 1. The summed E-state index contributed by atoms with van der Waals surface area (Å²) in [6.07, 6.45) is 0.576. The van der Waals surface area contributed by atoms with Gasteiger partial charge in [-0.1, -0.05) is 65.3 Å². The van der Waals surface area contributed by atoms with Gasteiger partial charge in [-0.2, -0.15) is 8.42 Å². The van der Waals surface area contributed by atoms with Crippen LogP contribution in [0, 0.1) is 0 Å². The van der Waals surface area contributed by atoms with Crippen LogP contribution in [0.4, 0.5) is 0 Å². The van der Waals surface area contributed by atoms with Crippen LogP contribution in [0.3, 0.4) is 0 Å². The van der Waals surface area contributed by atoms with E-state index < -0.39 is 10.1 Å². The summed E-state index contributed by atoms with van der Waals surface area (Å²) in [5.41, 5.74) is 4.75. The molecule has 4 rings (SSSR count). The van der Waals surface area contributed by atoms with Crippen molar-refractivity contribution < 1.29 is 12.7 Å². The molecular weight excluding hydrogens is 370 g/mol. The first-order valence-electron chi connectivity index (χ1n) is 7.98. The summed E-state index contributed by atoms with van der Waals surface area (Å²) in [7, 11) is -3.97. The van der Waals surface area contributed by atoms with Gasteiger partial charge in [0.05, 0.1) is 5.71 Å². The third-order valence-electron chi connectivity index (χ3n) is 4.23. The summed E-state index contributed by atoms with van der Waals surface area (Å²) in [4.78, 5) is 0.0159. The Labute approximate surface area is 156 Å². The SMILES string of the molecule is O=S(=O)(O/N=C1\Cc2cccc(-c3ccccc3)c21)c1ccc(Cl)cc1. The Kier molecular flexibility index (Phi) is 4.26. The number of rotatable bonds is 4. The number of hydrogen-bond donors (Lipinski definition) is 0. The molecule has 1 aliphatic carbocycles. The molecular formula is C20H14ClNO3S. The maximum absolute atomic E-state index is 12.3. The first-order valence-corrected chi connectivity index (χ1v) is 9.77. The Morgan fingerprint density at radius 3 is 2.35 bits per heavy atom. The highest BCUT2D eigenvalue weighted by Crippen LogP contribution is 2.34. The van der Waals surface area contributed by atoms with Crippen LogP contribution in [0.15, 0.2) is 82.8 Å². The van der Waals surface area contributed by atoms with Crippen LogP contribution in [0.1, 0.15) is 11.1 Å². The molecule has 0 heterocycles. The highest BCUT2D eigenvalue weighted by atomic mass is 35.5. The molecule has 130 valence electrons. The van der Waals surface area contributed by atoms with Crippen LogP contribution >= 0.6 is 11.6 Å². The van der Waals surface area contributed by atoms with Crippen molar-refractivity contribution in [2.75, 3.05) is 0 Å². The van der Waals surface area contributed by atoms with Crippen molar-refractivity contribution in [3.63, 3.8) is 0 Å². The second-order valence-corrected chi connectivity index (χ2v) is 7.87. The lowest BCUT2D eigenvalue weighted by atomic mass is 9.81. The van der Waals surface area contributed by atoms with Crippen LogP contribution in [-0.2, 0) is 20.8 Å². The Bertz CT molecular complexity index is 1090. The molecule has 1 aliphatic rings. The smallest absolute Gasteiger partial charge is 0.264 e. The molecule has 3 aromatic carbocycles. The molecule has 6 heteroatoms. The van der Waals surface area contributed by atoms with Crippen LogP contribution in [-0.4, -0.2) is 14.1 Å². The summed E-state index contributed by atoms with van der Waals surface area (Å²) >= 11 is 5.79. The zero-order valence-corrected chi connectivity index (χ0v) is 15.2. The minimum Gasteiger partial charge on any atom is -0.264 e. The molecule has 26 heavy (non-hydrogen) atoms. The van der Waals surface area contributed by atoms with Gasteiger partial charge in [-0.25, -0.2) is 0 Å². The standard InChI is InChI=1S/C20H14ClNO3S/c21-16-9-11-17(12-10-16)26(23,24)25-22-19-13-15-7-4-8-18(20(15)19)14-5-2-1-3-6-14/h1-12H,13H2/b22-19+. The topological polar surface area (TPSA) is 55.7 Å². The van der Waals surface area contributed by atoms with Gasteiger partial charge in [0, 0.05) is 17.0 Å². The van der Waals surface area contributed by atoms with Crippen LogP contribution in [0.5, 0.6) is 0 Å². The van der Waals surface area contributed by atoms with E-state index in [2.05, 4.69) is 5.16 Å². The second-order valence-electron chi connectivity index (χ2n) is 5.90. The molecule has 0 spiro atoms. The summed E-state index contributed by atoms with van der Waals surface area (Å²) in [6, 6.07) is 21.7. The molecule has 0 bridgehead atoms. The van der Waals surface area contributed by atoms with Gasteiger partial charge < -0.3 is 0 Å². The van der Waals surface area contributed by atoms with Crippen LogP contribution in [0.25, 0.3) is 11.1 Å². The largest absolute Gasteiger partial charge is 0.358 e. The van der Waals surface area contributed by atoms with E-state index in [1.165, 1.54) is 24.3 Å². The maximum Gasteiger partial charge on any atom is 0.358 e. The van der Waals surface area contributed by atoms with Gasteiger partial charge in [0.25, 0.3) is 0 Å². The molecule has 0 saturated carbocycles. The first-order chi connectivity index (χ1) is 12.5. The van der Waals surface area contributed by atoms with Gasteiger partial charge in [0.2, 0.25) is 0 Å². The van der Waals surface area contributed by atoms with E-state index in [4.69, 9.17) is 15.9 Å². The lowest BCUT2D eigenvalue weighted by Crippen LogP contribution is -2.22. The average molecular weight is 384 g/mol. The molecule has 0 fully saturated rings. The van der Waals surface area contributed by atoms with Crippen LogP contribution < -0.4 is 0 Å². The maximum atomic E-state index is 12.3. The van der Waals surface area contributed by atoms with Crippen molar-refractivity contribution in [1.82, 2.24) is 0 Å². The third kappa shape index (κ3) is 3.11. The fraction of sp³-hybridized carbons (Fsp3) is 0.0500. The van der Waals surface area contributed by atoms with E-state index in [1.807, 2.05) is 48.5 Å². The van der Waals surface area contributed by atoms with E-state index in [0.717, 1.165) is 22.3 Å². The predicted molar refractivity (Wildman–Crippen MR) is 102 cm³/mol. The molecule has 0 radical (unpaired) electrons. The second kappa shape index (κ2) is 6.59. The molecule has 0 aromatic heterocycles. The van der Waals surface area contributed by atoms with E-state index >= 15 is 0 Å². The van der Waals surface area contributed by atoms with Crippen molar-refractivity contribution in [1.29, 1.82) is 0 Å². The van der Waals surface area contributed by atoms with Crippen LogP contribution in [0.2, 0.25) is 5.02 Å². The van der Waals surface area contributed by atoms with Crippen molar-refractivity contribution in [2.24, 2.45) is 5.16 Å². The summed E-state index contributed by atoms with van der Waals surface area (Å²) in [6.45, 7) is 0. The van der Waals surface area contributed by atoms with E-state index in [0.29, 0.717) is 17.2 Å². The van der Waals surface area contributed by atoms with Crippen molar-refractivity contribution in [3.05, 3.63) is 88.9 Å². The molecule has 0 N–H and O–H groups in total. The number of benzene rings is 3. The molecule has 0 atom stereocenters. The van der Waals surface area contributed by atoms with Gasteiger partial charge >= 0.3 is 10.1 Å². The number of fused-ring (bicyclic) bond motifs is 1. The summed E-state index contributed by atoms with van der Waals surface area (Å²) < 4.78 is 29.5. The average Bonchev–Trinajstić information content (AvgIpc) is 2.63. The highest BCUT2D eigenvalue weighted by molar-refractivity contribution is 7.86. The van der Waals surface area contributed by atoms with Crippen molar-refractivity contribution in [3.8, 4) is 11.1 Å². The first kappa shape index (κ1) is 16.8. The fourth-order valence-corrected chi connectivity index (χ4v) is 3.79. The quantitative estimate of drug-likeness (QED) is 0.615. The zero-order valence-electron chi connectivity index (χ0n) is 13.6. The van der Waals surface area contributed by atoms with Crippen molar-refractivity contribution >= 4 is 27.4 Å². The lowest BCUT2D eigenvalue weighted by Gasteiger charge is -2.24. The molecule has 0 unspecified atom stereocenters. The lowest BCUT2D eigenvalue weighted by molar-refractivity contribution is 0.337. The third-order valence-corrected chi connectivity index (χ3v) is 5.60. The molecule has 0 saturated heterocycles. The summed E-state index contributed by atoms with van der Waals surface area (Å²) in [5.74, 6) is 0. The number of nitrogens with zero attached hydrogens (tertiary/aromatic N) is 1. The Balaban J connectivity index is 1.65. The minimum atomic E-state index is -3.97. The predicted octanol–water partition coefficient (Wildman–Crippen LogP) is 4.67.